The normalized spacial score (nSPS) is 25.2. The third kappa shape index (κ3) is 3.67. The van der Waals surface area contributed by atoms with E-state index in [0.717, 1.165) is 5.33 Å². The number of hydrogen-bond donors (Lipinski definition) is 0. The lowest BCUT2D eigenvalue weighted by Crippen LogP contribution is -2.28. The van der Waals surface area contributed by atoms with Crippen LogP contribution in [0.3, 0.4) is 0 Å². The summed E-state index contributed by atoms with van der Waals surface area (Å²) in [5.74, 6) is 1.29. The van der Waals surface area contributed by atoms with Gasteiger partial charge in [0.1, 0.15) is 0 Å². The van der Waals surface area contributed by atoms with Gasteiger partial charge in [-0.1, -0.05) is 29.8 Å². The lowest BCUT2D eigenvalue weighted by Gasteiger charge is -2.21. The predicted octanol–water partition coefficient (Wildman–Crippen LogP) is 2.60. The maximum Gasteiger partial charge on any atom is 0.0159 e. The molecule has 0 bridgehead atoms. The molecule has 0 radical (unpaired) electrons. The van der Waals surface area contributed by atoms with E-state index in [4.69, 9.17) is 0 Å². The summed E-state index contributed by atoms with van der Waals surface area (Å²) in [6, 6.07) is 0. The van der Waals surface area contributed by atoms with Crippen LogP contribution in [0.15, 0.2) is 0 Å². The highest BCUT2D eigenvalue weighted by Gasteiger charge is 2.22. The molecule has 0 aromatic rings. The average Bonchev–Trinajstić information content (AvgIpc) is 2.14. The van der Waals surface area contributed by atoms with Crippen molar-refractivity contribution in [2.24, 2.45) is 0 Å². The molecule has 1 rings (SSSR count). The number of halogens is 1. The molecule has 0 saturated carbocycles. The van der Waals surface area contributed by atoms with Crippen LogP contribution in [0.25, 0.3) is 0 Å². The number of thioether (sulfide) groups is 1. The minimum Gasteiger partial charge on any atom is -0.302 e. The molecule has 0 atom stereocenters. The molecule has 0 unspecified atom stereocenters. The highest BCUT2D eigenvalue weighted by atomic mass is 79.9. The Morgan fingerprint density at radius 3 is 2.83 bits per heavy atom. The van der Waals surface area contributed by atoms with Crippen molar-refractivity contribution in [1.29, 1.82) is 0 Å². The van der Waals surface area contributed by atoms with Crippen LogP contribution in [0, 0.1) is 0 Å². The van der Waals surface area contributed by atoms with E-state index in [2.05, 4.69) is 46.4 Å². The summed E-state index contributed by atoms with van der Waals surface area (Å²) in [6.45, 7) is 8.45. The van der Waals surface area contributed by atoms with Gasteiger partial charge in [0.15, 0.2) is 0 Å². The summed E-state index contributed by atoms with van der Waals surface area (Å²) >= 11 is 5.60. The first-order valence-corrected chi connectivity index (χ1v) is 6.67. The van der Waals surface area contributed by atoms with Gasteiger partial charge in [-0.25, -0.2) is 0 Å². The van der Waals surface area contributed by atoms with Crippen LogP contribution in [-0.2, 0) is 0 Å². The van der Waals surface area contributed by atoms with Gasteiger partial charge in [-0.3, -0.25) is 0 Å². The molecule has 0 N–H and O–H groups in total. The van der Waals surface area contributed by atoms with Gasteiger partial charge in [0.05, 0.1) is 0 Å². The maximum atomic E-state index is 3.49. The minimum absolute atomic E-state index is 0.501. The first-order chi connectivity index (χ1) is 5.64. The van der Waals surface area contributed by atoms with Crippen molar-refractivity contribution in [2.45, 2.75) is 25.0 Å². The van der Waals surface area contributed by atoms with Gasteiger partial charge < -0.3 is 4.90 Å². The van der Waals surface area contributed by atoms with Crippen molar-refractivity contribution < 1.29 is 0 Å². The van der Waals surface area contributed by atoms with Crippen molar-refractivity contribution in [3.05, 3.63) is 0 Å². The Hall–Kier alpha value is 0.790. The van der Waals surface area contributed by atoms with Crippen molar-refractivity contribution in [1.82, 2.24) is 4.90 Å². The monoisotopic (exact) mass is 251 g/mol. The van der Waals surface area contributed by atoms with Crippen LogP contribution < -0.4 is 0 Å². The van der Waals surface area contributed by atoms with E-state index in [0.29, 0.717) is 4.75 Å². The van der Waals surface area contributed by atoms with Gasteiger partial charge in [0, 0.05) is 28.9 Å². The molecule has 12 heavy (non-hydrogen) atoms. The van der Waals surface area contributed by atoms with Crippen molar-refractivity contribution in [2.75, 3.05) is 30.7 Å². The summed E-state index contributed by atoms with van der Waals surface area (Å²) in [6.07, 6.45) is 1.32. The Morgan fingerprint density at radius 1 is 1.42 bits per heavy atom. The molecule has 0 aromatic heterocycles. The zero-order valence-corrected chi connectivity index (χ0v) is 10.4. The lowest BCUT2D eigenvalue weighted by molar-refractivity contribution is 0.302. The third-order valence-corrected chi connectivity index (χ3v) is 4.06. The van der Waals surface area contributed by atoms with Crippen LogP contribution in [-0.4, -0.2) is 40.4 Å². The van der Waals surface area contributed by atoms with Gasteiger partial charge in [0.2, 0.25) is 0 Å². The van der Waals surface area contributed by atoms with Crippen LogP contribution in [0.2, 0.25) is 0 Å². The van der Waals surface area contributed by atoms with Crippen molar-refractivity contribution >= 4 is 27.7 Å². The first kappa shape index (κ1) is 10.9. The first-order valence-electron chi connectivity index (χ1n) is 4.56. The Balaban J connectivity index is 2.34. The molecule has 1 aliphatic heterocycles. The smallest absolute Gasteiger partial charge is 0.0159 e. The minimum atomic E-state index is 0.501. The zero-order valence-electron chi connectivity index (χ0n) is 7.98. The van der Waals surface area contributed by atoms with Crippen LogP contribution in [0.1, 0.15) is 20.3 Å². The second-order valence-electron chi connectivity index (χ2n) is 3.89. The standard InChI is InChI=1S/C9H18BrNS/c1-9(2)3-5-11(6-4-10)7-8-12-9/h3-8H2,1-2H3. The van der Waals surface area contributed by atoms with E-state index in [9.17, 15) is 0 Å². The maximum absolute atomic E-state index is 3.49. The fourth-order valence-corrected chi connectivity index (χ4v) is 3.04. The molecule has 0 aromatic carbocycles. The van der Waals surface area contributed by atoms with Crippen LogP contribution >= 0.6 is 27.7 Å². The average molecular weight is 252 g/mol. The van der Waals surface area contributed by atoms with E-state index in [1.54, 1.807) is 0 Å². The van der Waals surface area contributed by atoms with Gasteiger partial charge in [-0.2, -0.15) is 11.8 Å². The van der Waals surface area contributed by atoms with E-state index in [-0.39, 0.29) is 0 Å². The summed E-state index contributed by atoms with van der Waals surface area (Å²) in [4.78, 5) is 2.55. The number of rotatable bonds is 2. The SMILES string of the molecule is CC1(C)CCN(CCBr)CCS1. The number of nitrogens with zero attached hydrogens (tertiary/aromatic N) is 1. The molecule has 1 saturated heterocycles. The van der Waals surface area contributed by atoms with Gasteiger partial charge in [-0.05, 0) is 13.0 Å². The van der Waals surface area contributed by atoms with E-state index in [1.165, 1.54) is 31.8 Å². The van der Waals surface area contributed by atoms with Crippen molar-refractivity contribution in [3.63, 3.8) is 0 Å². The molecular weight excluding hydrogens is 234 g/mol. The molecule has 72 valence electrons. The Bertz CT molecular complexity index is 138. The zero-order chi connectivity index (χ0) is 9.03. The number of alkyl halides is 1. The summed E-state index contributed by atoms with van der Waals surface area (Å²) in [7, 11) is 0. The molecule has 1 heterocycles. The lowest BCUT2D eigenvalue weighted by atomic mass is 10.1. The molecule has 0 aliphatic carbocycles. The second-order valence-corrected chi connectivity index (χ2v) is 6.48. The molecule has 3 heteroatoms. The molecule has 1 aliphatic rings. The second kappa shape index (κ2) is 4.87. The van der Waals surface area contributed by atoms with Gasteiger partial charge >= 0.3 is 0 Å². The quantitative estimate of drug-likeness (QED) is 0.695. The van der Waals surface area contributed by atoms with Crippen LogP contribution in [0.4, 0.5) is 0 Å². The van der Waals surface area contributed by atoms with E-state index < -0.39 is 0 Å². The number of hydrogen-bond acceptors (Lipinski definition) is 2. The fourth-order valence-electron chi connectivity index (χ4n) is 1.41. The molecule has 1 nitrogen and oxygen atoms in total. The van der Waals surface area contributed by atoms with Gasteiger partial charge in [-0.15, -0.1) is 0 Å². The highest BCUT2D eigenvalue weighted by molar-refractivity contribution is 9.09. The topological polar surface area (TPSA) is 3.24 Å². The Kier molecular flexibility index (Phi) is 4.41. The Morgan fingerprint density at radius 2 is 2.17 bits per heavy atom. The van der Waals surface area contributed by atoms with Crippen molar-refractivity contribution in [3.8, 4) is 0 Å². The molecule has 0 spiro atoms. The summed E-state index contributed by atoms with van der Waals surface area (Å²) in [5.41, 5.74) is 0. The van der Waals surface area contributed by atoms with E-state index >= 15 is 0 Å². The summed E-state index contributed by atoms with van der Waals surface area (Å²) in [5, 5.41) is 1.11. The largest absolute Gasteiger partial charge is 0.302 e. The molecule has 0 amide bonds. The molecular formula is C9H18BrNS. The van der Waals surface area contributed by atoms with Gasteiger partial charge in [0.25, 0.3) is 0 Å². The fraction of sp³-hybridized carbons (Fsp3) is 1.00. The van der Waals surface area contributed by atoms with Crippen LogP contribution in [0.5, 0.6) is 0 Å². The highest BCUT2D eigenvalue weighted by Crippen LogP contribution is 2.30. The third-order valence-electron chi connectivity index (χ3n) is 2.33. The predicted molar refractivity (Wildman–Crippen MR) is 61.4 cm³/mol. The van der Waals surface area contributed by atoms with E-state index in [1.807, 2.05) is 0 Å². The molecule has 1 fully saturated rings. The Labute approximate surface area is 88.4 Å². The summed E-state index contributed by atoms with van der Waals surface area (Å²) < 4.78 is 0.501.